The number of carbonyl (C=O) groups is 1. The summed E-state index contributed by atoms with van der Waals surface area (Å²) in [7, 11) is -3.56. The zero-order valence-corrected chi connectivity index (χ0v) is 19.2. The lowest BCUT2D eigenvalue weighted by atomic mass is 9.99. The summed E-state index contributed by atoms with van der Waals surface area (Å²) in [6.45, 7) is 4.55. The fourth-order valence-electron chi connectivity index (χ4n) is 3.58. The third kappa shape index (κ3) is 4.34. The van der Waals surface area contributed by atoms with Crippen LogP contribution in [0.1, 0.15) is 23.3 Å². The number of piperidine rings is 1. The molecular formula is C21H23N3O3S3. The summed E-state index contributed by atoms with van der Waals surface area (Å²) in [5.41, 5.74) is 2.99. The van der Waals surface area contributed by atoms with Gasteiger partial charge in [-0.15, -0.1) is 22.7 Å². The third-order valence-electron chi connectivity index (χ3n) is 5.22. The minimum atomic E-state index is -3.56. The molecule has 1 aliphatic rings. The van der Waals surface area contributed by atoms with Crippen LogP contribution in [0.15, 0.2) is 46.0 Å². The molecule has 0 spiro atoms. The molecule has 0 bridgehead atoms. The predicted molar refractivity (Wildman–Crippen MR) is 121 cm³/mol. The van der Waals surface area contributed by atoms with Crippen LogP contribution >= 0.6 is 22.7 Å². The number of anilines is 1. The van der Waals surface area contributed by atoms with Crippen molar-refractivity contribution in [1.29, 1.82) is 0 Å². The number of rotatable bonds is 5. The average Bonchev–Trinajstić information content (AvgIpc) is 3.38. The molecule has 1 amide bonds. The van der Waals surface area contributed by atoms with Crippen molar-refractivity contribution in [3.8, 4) is 11.3 Å². The molecule has 3 aromatic rings. The monoisotopic (exact) mass is 461 g/mol. The van der Waals surface area contributed by atoms with Gasteiger partial charge in [0.05, 0.1) is 11.6 Å². The van der Waals surface area contributed by atoms with E-state index in [1.54, 1.807) is 12.1 Å². The Morgan fingerprint density at radius 3 is 2.73 bits per heavy atom. The SMILES string of the molecule is Cc1ccc(S(=O)(=O)N2CCCC(C(=O)Nc3nc(-c4ccccc4C)cs3)C2)s1. The molecule has 1 aliphatic heterocycles. The van der Waals surface area contributed by atoms with E-state index in [-0.39, 0.29) is 18.4 Å². The number of thiophene rings is 1. The number of sulfonamides is 1. The number of hydrogen-bond acceptors (Lipinski definition) is 6. The van der Waals surface area contributed by atoms with Gasteiger partial charge in [0.1, 0.15) is 4.21 Å². The maximum Gasteiger partial charge on any atom is 0.252 e. The Labute approximate surface area is 184 Å². The zero-order valence-electron chi connectivity index (χ0n) is 16.8. The number of carbonyl (C=O) groups excluding carboxylic acids is 1. The number of benzene rings is 1. The number of aryl methyl sites for hydroxylation is 2. The normalized spacial score (nSPS) is 17.7. The van der Waals surface area contributed by atoms with Crippen LogP contribution in [0.5, 0.6) is 0 Å². The van der Waals surface area contributed by atoms with E-state index in [2.05, 4.69) is 10.3 Å². The first-order valence-electron chi connectivity index (χ1n) is 9.73. The van der Waals surface area contributed by atoms with E-state index in [9.17, 15) is 13.2 Å². The summed E-state index contributed by atoms with van der Waals surface area (Å²) in [4.78, 5) is 18.3. The van der Waals surface area contributed by atoms with E-state index < -0.39 is 10.0 Å². The first-order chi connectivity index (χ1) is 14.3. The van der Waals surface area contributed by atoms with Gasteiger partial charge in [0, 0.05) is 28.9 Å². The van der Waals surface area contributed by atoms with Gasteiger partial charge < -0.3 is 5.32 Å². The molecule has 158 valence electrons. The molecule has 1 fully saturated rings. The van der Waals surface area contributed by atoms with Crippen LogP contribution in [0, 0.1) is 19.8 Å². The fraction of sp³-hybridized carbons (Fsp3) is 0.333. The minimum absolute atomic E-state index is 0.178. The van der Waals surface area contributed by atoms with Crippen LogP contribution in [0.3, 0.4) is 0 Å². The molecule has 1 saturated heterocycles. The van der Waals surface area contributed by atoms with Gasteiger partial charge >= 0.3 is 0 Å². The molecule has 4 rings (SSSR count). The Kier molecular flexibility index (Phi) is 6.06. The van der Waals surface area contributed by atoms with Gasteiger partial charge in [0.25, 0.3) is 10.0 Å². The van der Waals surface area contributed by atoms with Crippen molar-refractivity contribution < 1.29 is 13.2 Å². The van der Waals surface area contributed by atoms with Gasteiger partial charge in [-0.1, -0.05) is 24.3 Å². The minimum Gasteiger partial charge on any atom is -0.302 e. The first-order valence-corrected chi connectivity index (χ1v) is 12.9. The van der Waals surface area contributed by atoms with Crippen LogP contribution in [0.25, 0.3) is 11.3 Å². The fourth-order valence-corrected chi connectivity index (χ4v) is 7.25. The van der Waals surface area contributed by atoms with Gasteiger partial charge in [0.15, 0.2) is 5.13 Å². The summed E-state index contributed by atoms with van der Waals surface area (Å²) in [6.07, 6.45) is 1.32. The molecule has 1 atom stereocenters. The molecule has 0 radical (unpaired) electrons. The third-order valence-corrected chi connectivity index (χ3v) is 9.31. The standard InChI is InChI=1S/C21H23N3O3S3/c1-14-6-3-4-8-17(14)18-13-28-21(22-18)23-20(25)16-7-5-11-24(12-16)30(26,27)19-10-9-15(2)29-19/h3-4,6,8-10,13,16H,5,7,11-12H2,1-2H3,(H,22,23,25). The van der Waals surface area contributed by atoms with Gasteiger partial charge in [-0.25, -0.2) is 13.4 Å². The summed E-state index contributed by atoms with van der Waals surface area (Å²) in [5.74, 6) is -0.566. The molecule has 1 aromatic carbocycles. The molecule has 1 N–H and O–H groups in total. The molecule has 6 nitrogen and oxygen atoms in total. The molecule has 1 unspecified atom stereocenters. The zero-order chi connectivity index (χ0) is 21.3. The predicted octanol–water partition coefficient (Wildman–Crippen LogP) is 4.53. The van der Waals surface area contributed by atoms with Gasteiger partial charge in [-0.3, -0.25) is 4.79 Å². The number of aromatic nitrogens is 1. The summed E-state index contributed by atoms with van der Waals surface area (Å²) in [6, 6.07) is 11.4. The maximum atomic E-state index is 12.9. The van der Waals surface area contributed by atoms with Crippen molar-refractivity contribution in [2.75, 3.05) is 18.4 Å². The van der Waals surface area contributed by atoms with Crippen LogP contribution in [0.4, 0.5) is 5.13 Å². The highest BCUT2D eigenvalue weighted by atomic mass is 32.2. The van der Waals surface area contributed by atoms with Crippen LogP contribution < -0.4 is 5.32 Å². The largest absolute Gasteiger partial charge is 0.302 e. The molecule has 3 heterocycles. The Hall–Kier alpha value is -2.07. The van der Waals surface area contributed by atoms with Crippen LogP contribution in [-0.4, -0.2) is 36.7 Å². The average molecular weight is 462 g/mol. The molecule has 0 saturated carbocycles. The smallest absolute Gasteiger partial charge is 0.252 e. The van der Waals surface area contributed by atoms with Crippen molar-refractivity contribution >= 4 is 43.7 Å². The second kappa shape index (κ2) is 8.58. The van der Waals surface area contributed by atoms with E-state index in [0.717, 1.165) is 21.7 Å². The number of nitrogens with zero attached hydrogens (tertiary/aromatic N) is 2. The number of nitrogens with one attached hydrogen (secondary N) is 1. The molecular weight excluding hydrogens is 438 g/mol. The second-order valence-corrected chi connectivity index (χ2v) is 11.7. The second-order valence-electron chi connectivity index (χ2n) is 7.41. The topological polar surface area (TPSA) is 79.4 Å². The van der Waals surface area contributed by atoms with E-state index in [1.165, 1.54) is 27.0 Å². The molecule has 9 heteroatoms. The van der Waals surface area contributed by atoms with Gasteiger partial charge in [-0.05, 0) is 44.4 Å². The first kappa shape index (κ1) is 21.2. The van der Waals surface area contributed by atoms with Crippen molar-refractivity contribution in [3.63, 3.8) is 0 Å². The lowest BCUT2D eigenvalue weighted by Crippen LogP contribution is -2.43. The van der Waals surface area contributed by atoms with E-state index in [1.807, 2.05) is 43.5 Å². The lowest BCUT2D eigenvalue weighted by Gasteiger charge is -2.30. The Morgan fingerprint density at radius 1 is 1.20 bits per heavy atom. The van der Waals surface area contributed by atoms with Gasteiger partial charge in [0.2, 0.25) is 5.91 Å². The van der Waals surface area contributed by atoms with E-state index in [0.29, 0.717) is 28.7 Å². The molecule has 30 heavy (non-hydrogen) atoms. The molecule has 2 aromatic heterocycles. The maximum absolute atomic E-state index is 12.9. The van der Waals surface area contributed by atoms with Gasteiger partial charge in [-0.2, -0.15) is 4.31 Å². The van der Waals surface area contributed by atoms with Crippen LogP contribution in [-0.2, 0) is 14.8 Å². The van der Waals surface area contributed by atoms with Crippen molar-refractivity contribution in [2.45, 2.75) is 30.9 Å². The highest BCUT2D eigenvalue weighted by Crippen LogP contribution is 2.30. The Balaban J connectivity index is 1.45. The Bertz CT molecular complexity index is 1170. The Morgan fingerprint density at radius 2 is 2.00 bits per heavy atom. The van der Waals surface area contributed by atoms with Crippen molar-refractivity contribution in [3.05, 3.63) is 52.2 Å². The lowest BCUT2D eigenvalue weighted by molar-refractivity contribution is -0.120. The van der Waals surface area contributed by atoms with Crippen molar-refractivity contribution in [2.24, 2.45) is 5.92 Å². The quantitative estimate of drug-likeness (QED) is 0.606. The summed E-state index contributed by atoms with van der Waals surface area (Å²) in [5, 5.41) is 5.35. The van der Waals surface area contributed by atoms with Crippen LogP contribution in [0.2, 0.25) is 0 Å². The highest BCUT2D eigenvalue weighted by Gasteiger charge is 2.34. The van der Waals surface area contributed by atoms with E-state index in [4.69, 9.17) is 0 Å². The number of hydrogen-bond donors (Lipinski definition) is 1. The highest BCUT2D eigenvalue weighted by molar-refractivity contribution is 7.91. The number of thiazole rings is 1. The number of amides is 1. The summed E-state index contributed by atoms with van der Waals surface area (Å²) >= 11 is 2.64. The van der Waals surface area contributed by atoms with E-state index >= 15 is 0 Å². The molecule has 0 aliphatic carbocycles. The summed E-state index contributed by atoms with van der Waals surface area (Å²) < 4.78 is 27.6. The van der Waals surface area contributed by atoms with Crippen molar-refractivity contribution in [1.82, 2.24) is 9.29 Å².